The van der Waals surface area contributed by atoms with Gasteiger partial charge in [0.25, 0.3) is 0 Å². The Labute approximate surface area is 78.5 Å². The molecule has 4 nitrogen and oxygen atoms in total. The maximum absolute atomic E-state index is 11.0. The zero-order chi connectivity index (χ0) is 10.6. The summed E-state index contributed by atoms with van der Waals surface area (Å²) in [4.78, 5) is 11.0. The zero-order valence-corrected chi connectivity index (χ0v) is 8.57. The summed E-state index contributed by atoms with van der Waals surface area (Å²) in [6.45, 7) is 7.06. The topological polar surface area (TPSA) is 66.8 Å². The third kappa shape index (κ3) is 3.74. The quantitative estimate of drug-likeness (QED) is 0.629. The Morgan fingerprint density at radius 2 is 1.85 bits per heavy atom. The molecule has 0 bridgehead atoms. The van der Waals surface area contributed by atoms with Crippen LogP contribution in [0, 0.1) is 5.41 Å². The van der Waals surface area contributed by atoms with Crippen LogP contribution in [-0.4, -0.2) is 35.0 Å². The Balaban J connectivity index is 4.25. The molecule has 0 radical (unpaired) electrons. The largest absolute Gasteiger partial charge is 0.464 e. The van der Waals surface area contributed by atoms with E-state index in [0.717, 1.165) is 0 Å². The van der Waals surface area contributed by atoms with Gasteiger partial charge in [0.1, 0.15) is 0 Å². The Morgan fingerprint density at radius 1 is 1.38 bits per heavy atom. The Morgan fingerprint density at radius 3 is 2.15 bits per heavy atom. The maximum atomic E-state index is 11.0. The molecule has 78 valence electrons. The molecule has 0 heterocycles. The summed E-state index contributed by atoms with van der Waals surface area (Å²) < 4.78 is 4.57. The summed E-state index contributed by atoms with van der Waals surface area (Å²) in [6.07, 6.45) is -2.56. The van der Waals surface area contributed by atoms with Gasteiger partial charge in [-0.05, 0) is 12.3 Å². The number of aliphatic hydroxyl groups excluding tert-OH is 2. The van der Waals surface area contributed by atoms with Crippen molar-refractivity contribution in [2.24, 2.45) is 5.41 Å². The number of hydrogen-bond acceptors (Lipinski definition) is 4. The van der Waals surface area contributed by atoms with Crippen LogP contribution in [-0.2, 0) is 9.53 Å². The van der Waals surface area contributed by atoms with Crippen LogP contribution in [0.2, 0.25) is 0 Å². The maximum Gasteiger partial charge on any atom is 0.337 e. The molecule has 2 atom stereocenters. The Hall–Kier alpha value is -0.610. The molecule has 0 saturated carbocycles. The van der Waals surface area contributed by atoms with E-state index in [2.05, 4.69) is 4.74 Å². The molecule has 0 spiro atoms. The van der Waals surface area contributed by atoms with Crippen molar-refractivity contribution < 1.29 is 19.7 Å². The molecule has 4 heteroatoms. The normalized spacial score (nSPS) is 16.5. The van der Waals surface area contributed by atoms with Gasteiger partial charge in [-0.25, -0.2) is 4.79 Å². The average molecular weight is 190 g/mol. The number of hydrogen-bond donors (Lipinski definition) is 2. The molecule has 0 aliphatic rings. The van der Waals surface area contributed by atoms with Crippen LogP contribution in [0.25, 0.3) is 0 Å². The summed E-state index contributed by atoms with van der Waals surface area (Å²) in [6, 6.07) is 0. The van der Waals surface area contributed by atoms with Crippen molar-refractivity contribution in [3.8, 4) is 0 Å². The van der Waals surface area contributed by atoms with E-state index in [0.29, 0.717) is 0 Å². The fourth-order valence-corrected chi connectivity index (χ4v) is 0.830. The SMILES string of the molecule is CCOC(=O)[C@@H](O)[C@H](O)C(C)(C)C. The number of aliphatic hydroxyl groups is 2. The highest BCUT2D eigenvalue weighted by Crippen LogP contribution is 2.22. The van der Waals surface area contributed by atoms with Crippen molar-refractivity contribution in [2.75, 3.05) is 6.61 Å². The van der Waals surface area contributed by atoms with Crippen LogP contribution in [0.1, 0.15) is 27.7 Å². The van der Waals surface area contributed by atoms with Crippen LogP contribution in [0.3, 0.4) is 0 Å². The monoisotopic (exact) mass is 190 g/mol. The highest BCUT2D eigenvalue weighted by molar-refractivity contribution is 5.75. The van der Waals surface area contributed by atoms with Gasteiger partial charge >= 0.3 is 5.97 Å². The lowest BCUT2D eigenvalue weighted by atomic mass is 9.86. The molecule has 2 N–H and O–H groups in total. The summed E-state index contributed by atoms with van der Waals surface area (Å²) in [7, 11) is 0. The summed E-state index contributed by atoms with van der Waals surface area (Å²) >= 11 is 0. The second-order valence-electron chi connectivity index (χ2n) is 4.01. The molecule has 0 amide bonds. The lowest BCUT2D eigenvalue weighted by Crippen LogP contribution is -2.43. The van der Waals surface area contributed by atoms with Gasteiger partial charge in [0, 0.05) is 0 Å². The van der Waals surface area contributed by atoms with E-state index in [-0.39, 0.29) is 6.61 Å². The molecule has 0 aromatic rings. The Kier molecular flexibility index (Phi) is 4.36. The van der Waals surface area contributed by atoms with Crippen molar-refractivity contribution in [1.29, 1.82) is 0 Å². The highest BCUT2D eigenvalue weighted by Gasteiger charge is 2.34. The molecule has 13 heavy (non-hydrogen) atoms. The Bertz CT molecular complexity index is 171. The predicted octanol–water partition coefficient (Wildman–Crippen LogP) is 0.317. The third-order valence-electron chi connectivity index (χ3n) is 1.71. The first-order valence-corrected chi connectivity index (χ1v) is 4.33. The molecule has 0 fully saturated rings. The summed E-state index contributed by atoms with van der Waals surface area (Å²) in [5, 5.41) is 18.8. The van der Waals surface area contributed by atoms with Gasteiger partial charge in [-0.3, -0.25) is 0 Å². The third-order valence-corrected chi connectivity index (χ3v) is 1.71. The second kappa shape index (κ2) is 4.58. The van der Waals surface area contributed by atoms with E-state index >= 15 is 0 Å². The van der Waals surface area contributed by atoms with E-state index in [4.69, 9.17) is 0 Å². The van der Waals surface area contributed by atoms with Gasteiger partial charge in [0.2, 0.25) is 0 Å². The fourth-order valence-electron chi connectivity index (χ4n) is 0.830. The molecule has 0 rings (SSSR count). The van der Waals surface area contributed by atoms with Crippen molar-refractivity contribution in [3.05, 3.63) is 0 Å². The highest BCUT2D eigenvalue weighted by atomic mass is 16.5. The van der Waals surface area contributed by atoms with E-state index in [9.17, 15) is 15.0 Å². The average Bonchev–Trinajstić information content (AvgIpc) is 2.00. The van der Waals surface area contributed by atoms with Gasteiger partial charge in [-0.2, -0.15) is 0 Å². The number of esters is 1. The van der Waals surface area contributed by atoms with Crippen molar-refractivity contribution in [2.45, 2.75) is 39.9 Å². The van der Waals surface area contributed by atoms with E-state index < -0.39 is 23.6 Å². The standard InChI is InChI=1S/C9H18O4/c1-5-13-8(12)6(10)7(11)9(2,3)4/h6-7,10-11H,5H2,1-4H3/t6-,7-/m0/s1. The summed E-state index contributed by atoms with van der Waals surface area (Å²) in [5.41, 5.74) is -0.536. The first-order chi connectivity index (χ1) is 5.80. The van der Waals surface area contributed by atoms with Gasteiger partial charge in [-0.1, -0.05) is 20.8 Å². The van der Waals surface area contributed by atoms with Crippen molar-refractivity contribution in [1.82, 2.24) is 0 Å². The predicted molar refractivity (Wildman–Crippen MR) is 48.1 cm³/mol. The first-order valence-electron chi connectivity index (χ1n) is 4.33. The second-order valence-corrected chi connectivity index (χ2v) is 4.01. The lowest BCUT2D eigenvalue weighted by Gasteiger charge is -2.28. The molecule has 0 aliphatic carbocycles. The zero-order valence-electron chi connectivity index (χ0n) is 8.57. The summed E-state index contributed by atoms with van der Waals surface area (Å²) in [5.74, 6) is -0.773. The lowest BCUT2D eigenvalue weighted by molar-refractivity contribution is -0.163. The van der Waals surface area contributed by atoms with Gasteiger partial charge in [-0.15, -0.1) is 0 Å². The smallest absolute Gasteiger partial charge is 0.337 e. The molecule has 0 aromatic carbocycles. The van der Waals surface area contributed by atoms with Crippen LogP contribution in [0.4, 0.5) is 0 Å². The van der Waals surface area contributed by atoms with Crippen LogP contribution >= 0.6 is 0 Å². The number of rotatable bonds is 3. The minimum Gasteiger partial charge on any atom is -0.464 e. The molecular formula is C9H18O4. The molecule has 0 unspecified atom stereocenters. The molecule has 0 saturated heterocycles. The number of carbonyl (C=O) groups excluding carboxylic acids is 1. The number of carbonyl (C=O) groups is 1. The van der Waals surface area contributed by atoms with E-state index in [1.807, 2.05) is 0 Å². The fraction of sp³-hybridized carbons (Fsp3) is 0.889. The molecular weight excluding hydrogens is 172 g/mol. The minimum atomic E-state index is -1.46. The van der Waals surface area contributed by atoms with Crippen LogP contribution < -0.4 is 0 Å². The van der Waals surface area contributed by atoms with Crippen molar-refractivity contribution in [3.63, 3.8) is 0 Å². The van der Waals surface area contributed by atoms with Crippen molar-refractivity contribution >= 4 is 5.97 Å². The van der Waals surface area contributed by atoms with E-state index in [1.165, 1.54) is 0 Å². The van der Waals surface area contributed by atoms with Crippen LogP contribution in [0.5, 0.6) is 0 Å². The van der Waals surface area contributed by atoms with Gasteiger partial charge in [0.05, 0.1) is 12.7 Å². The minimum absolute atomic E-state index is 0.201. The van der Waals surface area contributed by atoms with E-state index in [1.54, 1.807) is 27.7 Å². The van der Waals surface area contributed by atoms with Crippen LogP contribution in [0.15, 0.2) is 0 Å². The number of ether oxygens (including phenoxy) is 1. The van der Waals surface area contributed by atoms with Gasteiger partial charge < -0.3 is 14.9 Å². The molecule has 0 aromatic heterocycles. The van der Waals surface area contributed by atoms with Gasteiger partial charge in [0.15, 0.2) is 6.10 Å². The first kappa shape index (κ1) is 12.4. The molecule has 0 aliphatic heterocycles.